The first-order valence-corrected chi connectivity index (χ1v) is 10.9. The lowest BCUT2D eigenvalue weighted by Crippen LogP contribution is -2.00. The molecule has 0 atom stereocenters. The Hall–Kier alpha value is -2.45. The number of aromatic nitrogens is 2. The van der Waals surface area contributed by atoms with Crippen LogP contribution in [0.25, 0.3) is 10.8 Å². The van der Waals surface area contributed by atoms with E-state index in [2.05, 4.69) is 20.3 Å². The maximum Gasteiger partial charge on any atom is 0.175 e. The molecule has 132 valence electrons. The molecule has 26 heavy (non-hydrogen) atoms. The molecule has 4 rings (SSSR count). The van der Waals surface area contributed by atoms with Gasteiger partial charge >= 0.3 is 0 Å². The second-order valence-corrected chi connectivity index (χ2v) is 9.01. The van der Waals surface area contributed by atoms with Gasteiger partial charge in [-0.05, 0) is 36.4 Å². The summed E-state index contributed by atoms with van der Waals surface area (Å²) in [5.74, 6) is 1.65. The molecular formula is C18H16N4O2S2. The highest BCUT2D eigenvalue weighted by atomic mass is 32.2. The van der Waals surface area contributed by atoms with Gasteiger partial charge in [0, 0.05) is 47.4 Å². The van der Waals surface area contributed by atoms with Crippen LogP contribution in [0, 0.1) is 0 Å². The normalized spacial score (nSPS) is 14.4. The number of benzene rings is 1. The van der Waals surface area contributed by atoms with E-state index in [0.717, 1.165) is 39.5 Å². The molecule has 1 aliphatic rings. The Morgan fingerprint density at radius 1 is 1.12 bits per heavy atom. The van der Waals surface area contributed by atoms with Gasteiger partial charge < -0.3 is 5.32 Å². The van der Waals surface area contributed by atoms with Crippen LogP contribution >= 0.6 is 11.8 Å². The number of pyridine rings is 2. The van der Waals surface area contributed by atoms with E-state index in [9.17, 15) is 8.42 Å². The van der Waals surface area contributed by atoms with Crippen LogP contribution in [-0.2, 0) is 9.84 Å². The van der Waals surface area contributed by atoms with Crippen LogP contribution in [0.3, 0.4) is 0 Å². The molecule has 2 aromatic heterocycles. The molecule has 0 bridgehead atoms. The van der Waals surface area contributed by atoms with Crippen molar-refractivity contribution in [2.24, 2.45) is 4.99 Å². The fourth-order valence-electron chi connectivity index (χ4n) is 2.72. The third kappa shape index (κ3) is 3.42. The summed E-state index contributed by atoms with van der Waals surface area (Å²) in [4.78, 5) is 13.8. The Bertz CT molecular complexity index is 1110. The topological polar surface area (TPSA) is 84.3 Å². The molecule has 1 aliphatic heterocycles. The third-order valence-electron chi connectivity index (χ3n) is 3.99. The number of thioether (sulfide) groups is 1. The van der Waals surface area contributed by atoms with Crippen molar-refractivity contribution < 1.29 is 8.42 Å². The van der Waals surface area contributed by atoms with Crippen molar-refractivity contribution in [2.45, 2.75) is 4.90 Å². The molecule has 1 aromatic carbocycles. The first-order chi connectivity index (χ1) is 12.5. The average molecular weight is 384 g/mol. The van der Waals surface area contributed by atoms with E-state index in [0.29, 0.717) is 5.82 Å². The largest absolute Gasteiger partial charge is 0.340 e. The Morgan fingerprint density at radius 3 is 2.62 bits per heavy atom. The highest BCUT2D eigenvalue weighted by Crippen LogP contribution is 2.27. The van der Waals surface area contributed by atoms with Crippen molar-refractivity contribution >= 4 is 48.9 Å². The zero-order chi connectivity index (χ0) is 18.1. The number of anilines is 2. The van der Waals surface area contributed by atoms with Crippen LogP contribution in [0.15, 0.2) is 58.7 Å². The Labute approximate surface area is 155 Å². The lowest BCUT2D eigenvalue weighted by Gasteiger charge is -2.09. The number of fused-ring (bicyclic) bond motifs is 1. The van der Waals surface area contributed by atoms with Crippen molar-refractivity contribution in [3.8, 4) is 0 Å². The number of aliphatic imine (C=N–C) groups is 1. The van der Waals surface area contributed by atoms with E-state index in [1.54, 1.807) is 48.4 Å². The van der Waals surface area contributed by atoms with Gasteiger partial charge in [0.2, 0.25) is 0 Å². The smallest absolute Gasteiger partial charge is 0.175 e. The average Bonchev–Trinajstić information content (AvgIpc) is 3.15. The van der Waals surface area contributed by atoms with Crippen LogP contribution < -0.4 is 5.32 Å². The molecule has 3 aromatic rings. The fourth-order valence-corrected chi connectivity index (χ4v) is 4.20. The van der Waals surface area contributed by atoms with Crippen LogP contribution in [0.1, 0.15) is 5.69 Å². The zero-order valence-corrected chi connectivity index (χ0v) is 15.6. The van der Waals surface area contributed by atoms with E-state index in [4.69, 9.17) is 0 Å². The minimum absolute atomic E-state index is 0.289. The number of rotatable bonds is 4. The van der Waals surface area contributed by atoms with Crippen molar-refractivity contribution in [3.05, 3.63) is 54.5 Å². The minimum Gasteiger partial charge on any atom is -0.340 e. The number of nitrogens with zero attached hydrogens (tertiary/aromatic N) is 3. The van der Waals surface area contributed by atoms with Crippen molar-refractivity contribution in [3.63, 3.8) is 0 Å². The lowest BCUT2D eigenvalue weighted by atomic mass is 10.1. The summed E-state index contributed by atoms with van der Waals surface area (Å²) in [6.07, 6.45) is 4.77. The molecule has 0 radical (unpaired) electrons. The number of sulfone groups is 1. The van der Waals surface area contributed by atoms with Crippen LogP contribution in [0.4, 0.5) is 11.5 Å². The van der Waals surface area contributed by atoms with Gasteiger partial charge in [-0.25, -0.2) is 13.4 Å². The van der Waals surface area contributed by atoms with Gasteiger partial charge in [-0.1, -0.05) is 0 Å². The number of hydrogen-bond donors (Lipinski definition) is 1. The second kappa shape index (κ2) is 6.69. The number of nitrogens with one attached hydrogen (secondary N) is 1. The van der Waals surface area contributed by atoms with Crippen LogP contribution in [0.2, 0.25) is 0 Å². The fraction of sp³-hybridized carbons (Fsp3) is 0.167. The molecular weight excluding hydrogens is 368 g/mol. The molecule has 0 amide bonds. The van der Waals surface area contributed by atoms with Gasteiger partial charge in [0.15, 0.2) is 9.84 Å². The molecule has 0 aliphatic carbocycles. The van der Waals surface area contributed by atoms with Gasteiger partial charge in [0.1, 0.15) is 16.6 Å². The van der Waals surface area contributed by atoms with E-state index in [-0.39, 0.29) is 4.90 Å². The van der Waals surface area contributed by atoms with E-state index in [1.165, 1.54) is 6.26 Å². The summed E-state index contributed by atoms with van der Waals surface area (Å²) in [6, 6.07) is 10.5. The van der Waals surface area contributed by atoms with E-state index in [1.807, 2.05) is 12.1 Å². The van der Waals surface area contributed by atoms with Crippen LogP contribution in [-0.4, -0.2) is 42.0 Å². The van der Waals surface area contributed by atoms with Gasteiger partial charge in [0.05, 0.1) is 4.90 Å². The van der Waals surface area contributed by atoms with Gasteiger partial charge in [-0.2, -0.15) is 0 Å². The predicted molar refractivity (Wildman–Crippen MR) is 106 cm³/mol. The van der Waals surface area contributed by atoms with Crippen molar-refractivity contribution in [1.82, 2.24) is 9.97 Å². The quantitative estimate of drug-likeness (QED) is 0.743. The Kier molecular flexibility index (Phi) is 4.37. The van der Waals surface area contributed by atoms with Crippen molar-refractivity contribution in [1.29, 1.82) is 0 Å². The highest BCUT2D eigenvalue weighted by molar-refractivity contribution is 8.14. The van der Waals surface area contributed by atoms with Crippen molar-refractivity contribution in [2.75, 3.05) is 23.9 Å². The Morgan fingerprint density at radius 2 is 1.92 bits per heavy atom. The molecule has 0 saturated carbocycles. The third-order valence-corrected chi connectivity index (χ3v) is 6.10. The molecule has 0 fully saturated rings. The van der Waals surface area contributed by atoms with E-state index >= 15 is 0 Å². The minimum atomic E-state index is -3.20. The highest BCUT2D eigenvalue weighted by Gasteiger charge is 2.15. The van der Waals surface area contributed by atoms with Gasteiger partial charge in [-0.3, -0.25) is 9.98 Å². The molecule has 0 spiro atoms. The maximum absolute atomic E-state index is 11.6. The summed E-state index contributed by atoms with van der Waals surface area (Å²) >= 11 is 1.71. The molecule has 8 heteroatoms. The standard InChI is InChI=1S/C18H16N4O2S2/c1-26(23,24)14-4-2-13(3-5-14)22-16-10-15-12(11-21-16)6-7-19-17(15)18-20-8-9-25-18/h2-7,10-11H,8-9H2,1H3,(H,21,22). The summed E-state index contributed by atoms with van der Waals surface area (Å²) in [5, 5.41) is 6.17. The number of hydrogen-bond acceptors (Lipinski definition) is 7. The van der Waals surface area contributed by atoms with E-state index < -0.39 is 9.84 Å². The molecule has 1 N–H and O–H groups in total. The first kappa shape index (κ1) is 17.0. The predicted octanol–water partition coefficient (Wildman–Crippen LogP) is 3.27. The summed E-state index contributed by atoms with van der Waals surface area (Å²) in [7, 11) is -3.20. The lowest BCUT2D eigenvalue weighted by molar-refractivity contribution is 0.602. The molecule has 3 heterocycles. The van der Waals surface area contributed by atoms with Crippen LogP contribution in [0.5, 0.6) is 0 Å². The van der Waals surface area contributed by atoms with Gasteiger partial charge in [-0.15, -0.1) is 11.8 Å². The Balaban J connectivity index is 1.68. The summed E-state index contributed by atoms with van der Waals surface area (Å²) in [6.45, 7) is 0.820. The maximum atomic E-state index is 11.6. The zero-order valence-electron chi connectivity index (χ0n) is 14.0. The summed E-state index contributed by atoms with van der Waals surface area (Å²) < 4.78 is 23.1. The molecule has 0 unspecified atom stereocenters. The SMILES string of the molecule is CS(=O)(=O)c1ccc(Nc2cc3c(C4=NCCS4)nccc3cn2)cc1. The summed E-state index contributed by atoms with van der Waals surface area (Å²) in [5.41, 5.74) is 1.64. The van der Waals surface area contributed by atoms with Gasteiger partial charge in [0.25, 0.3) is 0 Å². The monoisotopic (exact) mass is 384 g/mol. The second-order valence-electron chi connectivity index (χ2n) is 5.91. The molecule has 0 saturated heterocycles. The first-order valence-electron chi connectivity index (χ1n) is 8.00. The molecule has 6 nitrogen and oxygen atoms in total.